The zero-order chi connectivity index (χ0) is 26.0. The Balaban J connectivity index is 1.59. The van der Waals surface area contributed by atoms with E-state index in [1.54, 1.807) is 31.0 Å². The highest BCUT2D eigenvalue weighted by Gasteiger charge is 2.31. The number of nitrogens with one attached hydrogen (secondary N) is 1. The number of nitrogen functional groups attached to an aromatic ring is 1. The summed E-state index contributed by atoms with van der Waals surface area (Å²) in [5.41, 5.74) is 5.34. The Bertz CT molecular complexity index is 1290. The minimum absolute atomic E-state index is 0.0192. The molecule has 0 radical (unpaired) electrons. The van der Waals surface area contributed by atoms with Crippen molar-refractivity contribution in [3.63, 3.8) is 0 Å². The van der Waals surface area contributed by atoms with Crippen LogP contribution in [0.5, 0.6) is 11.5 Å². The lowest BCUT2D eigenvalue weighted by Gasteiger charge is -2.29. The maximum atomic E-state index is 13.2. The Morgan fingerprint density at radius 3 is 2.67 bits per heavy atom. The number of methoxy groups -OCH3 is 1. The maximum absolute atomic E-state index is 13.2. The van der Waals surface area contributed by atoms with E-state index in [0.717, 1.165) is 12.1 Å². The first-order chi connectivity index (χ1) is 17.0. The Hall–Kier alpha value is -3.87. The monoisotopic (exact) mass is 506 g/mol. The molecule has 1 aliphatic rings. The van der Waals surface area contributed by atoms with Crippen LogP contribution in [0.25, 0.3) is 10.9 Å². The lowest BCUT2D eigenvalue weighted by Crippen LogP contribution is -2.46. The molecule has 2 aromatic heterocycles. The minimum Gasteiger partial charge on any atom is -0.493 e. The van der Waals surface area contributed by atoms with Crippen molar-refractivity contribution < 1.29 is 32.2 Å². The summed E-state index contributed by atoms with van der Waals surface area (Å²) in [5.74, 6) is 1.31. The van der Waals surface area contributed by atoms with Crippen LogP contribution in [0.1, 0.15) is 17.1 Å². The minimum atomic E-state index is -4.54. The van der Waals surface area contributed by atoms with Crippen molar-refractivity contribution in [1.29, 1.82) is 0 Å². The van der Waals surface area contributed by atoms with Crippen LogP contribution < -0.4 is 20.5 Å². The number of morpholine rings is 1. The van der Waals surface area contributed by atoms with Gasteiger partial charge in [0.05, 0.1) is 30.4 Å². The predicted octanol–water partition coefficient (Wildman–Crippen LogP) is 2.79. The number of carbonyl (C=O) groups is 1. The van der Waals surface area contributed by atoms with Crippen LogP contribution in [0.2, 0.25) is 0 Å². The van der Waals surface area contributed by atoms with Crippen LogP contribution in [-0.4, -0.2) is 65.8 Å². The molecule has 0 spiro atoms. The Morgan fingerprint density at radius 1 is 1.19 bits per heavy atom. The fraction of sp³-hybridized carbons (Fsp3) is 0.391. The number of anilines is 2. The maximum Gasteiger partial charge on any atom is 0.416 e. The van der Waals surface area contributed by atoms with Crippen LogP contribution in [0.3, 0.4) is 0 Å². The van der Waals surface area contributed by atoms with Crippen molar-refractivity contribution >= 4 is 28.4 Å². The third kappa shape index (κ3) is 5.67. The second-order valence-corrected chi connectivity index (χ2v) is 8.28. The smallest absolute Gasteiger partial charge is 0.416 e. The quantitative estimate of drug-likeness (QED) is 0.498. The van der Waals surface area contributed by atoms with E-state index in [0.29, 0.717) is 40.6 Å². The fourth-order valence-corrected chi connectivity index (χ4v) is 3.74. The van der Waals surface area contributed by atoms with E-state index in [1.807, 2.05) is 0 Å². The molecule has 13 heteroatoms. The molecule has 3 heterocycles. The summed E-state index contributed by atoms with van der Waals surface area (Å²) in [5, 5.41) is 3.59. The average Bonchev–Trinajstić information content (AvgIpc) is 2.81. The third-order valence-electron chi connectivity index (χ3n) is 5.53. The molecule has 192 valence electrons. The van der Waals surface area contributed by atoms with E-state index in [4.69, 9.17) is 19.9 Å². The average molecular weight is 506 g/mol. The standard InChI is InChI=1S/C23H25F3N6O4/c1-12-29-17-7-18(34-3)19(36-10-15-9-32(2)21(33)11-35-15)6-16(17)22(30-12)28-8-14-4-13(23(24,25)26)5-20(27)31-14/h4-7,15H,8-11H2,1-3H3,(H2,27,31)(H,28,29,30)/t15-/m0/s1. The number of hydrogen-bond donors (Lipinski definition) is 2. The first-order valence-corrected chi connectivity index (χ1v) is 11.0. The number of rotatable bonds is 7. The van der Waals surface area contributed by atoms with Gasteiger partial charge in [0.15, 0.2) is 11.5 Å². The number of nitrogens with two attached hydrogens (primary N) is 1. The van der Waals surface area contributed by atoms with Gasteiger partial charge in [-0.15, -0.1) is 0 Å². The van der Waals surface area contributed by atoms with E-state index in [1.165, 1.54) is 7.11 Å². The number of aryl methyl sites for hydroxylation is 1. The zero-order valence-corrected chi connectivity index (χ0v) is 19.8. The Labute approximate surface area is 204 Å². The molecule has 3 N–H and O–H groups in total. The SMILES string of the molecule is COc1cc2nc(C)nc(NCc3cc(C(F)(F)F)cc(N)n3)c2cc1OC[C@@H]1CN(C)C(=O)CO1. The lowest BCUT2D eigenvalue weighted by atomic mass is 10.2. The highest BCUT2D eigenvalue weighted by molar-refractivity contribution is 5.91. The first kappa shape index (κ1) is 25.2. The molecule has 0 unspecified atom stereocenters. The second kappa shape index (κ2) is 10.0. The number of alkyl halides is 3. The van der Waals surface area contributed by atoms with Gasteiger partial charge < -0.3 is 30.2 Å². The zero-order valence-electron chi connectivity index (χ0n) is 19.8. The highest BCUT2D eigenvalue weighted by Crippen LogP contribution is 2.35. The summed E-state index contributed by atoms with van der Waals surface area (Å²) in [4.78, 5) is 26.0. The molecular formula is C23H25F3N6O4. The number of hydrogen-bond acceptors (Lipinski definition) is 9. The molecular weight excluding hydrogens is 481 g/mol. The summed E-state index contributed by atoms with van der Waals surface area (Å²) in [7, 11) is 3.19. The van der Waals surface area contributed by atoms with E-state index >= 15 is 0 Å². The predicted molar refractivity (Wildman–Crippen MR) is 125 cm³/mol. The number of nitrogens with zero attached hydrogens (tertiary/aromatic N) is 4. The van der Waals surface area contributed by atoms with Gasteiger partial charge in [0.1, 0.15) is 36.8 Å². The van der Waals surface area contributed by atoms with Gasteiger partial charge in [-0.05, 0) is 25.1 Å². The number of fused-ring (bicyclic) bond motifs is 1. The molecule has 1 fully saturated rings. The van der Waals surface area contributed by atoms with Gasteiger partial charge in [0.25, 0.3) is 0 Å². The molecule has 3 aromatic rings. The van der Waals surface area contributed by atoms with Gasteiger partial charge in [-0.3, -0.25) is 4.79 Å². The number of aromatic nitrogens is 3. The number of amides is 1. The molecule has 0 saturated carbocycles. The number of halogens is 3. The van der Waals surface area contributed by atoms with Crippen molar-refractivity contribution in [1.82, 2.24) is 19.9 Å². The summed E-state index contributed by atoms with van der Waals surface area (Å²) in [6.07, 6.45) is -4.87. The van der Waals surface area contributed by atoms with Crippen LogP contribution in [0.15, 0.2) is 24.3 Å². The number of carbonyl (C=O) groups excluding carboxylic acids is 1. The van der Waals surface area contributed by atoms with Crippen LogP contribution >= 0.6 is 0 Å². The molecule has 0 bridgehead atoms. The molecule has 1 saturated heterocycles. The van der Waals surface area contributed by atoms with Gasteiger partial charge in [-0.2, -0.15) is 13.2 Å². The van der Waals surface area contributed by atoms with Gasteiger partial charge in [-0.1, -0.05) is 0 Å². The van der Waals surface area contributed by atoms with Crippen molar-refractivity contribution in [2.75, 3.05) is 45.0 Å². The molecule has 10 nitrogen and oxygen atoms in total. The molecule has 1 atom stereocenters. The molecule has 0 aliphatic carbocycles. The van der Waals surface area contributed by atoms with Crippen molar-refractivity contribution in [3.05, 3.63) is 41.3 Å². The van der Waals surface area contributed by atoms with Gasteiger partial charge >= 0.3 is 6.18 Å². The second-order valence-electron chi connectivity index (χ2n) is 8.28. The Morgan fingerprint density at radius 2 is 1.97 bits per heavy atom. The normalized spacial score (nSPS) is 16.3. The Kier molecular flexibility index (Phi) is 7.02. The number of pyridine rings is 1. The third-order valence-corrected chi connectivity index (χ3v) is 5.53. The van der Waals surface area contributed by atoms with Crippen LogP contribution in [-0.2, 0) is 22.3 Å². The number of ether oxygens (including phenoxy) is 3. The summed E-state index contributed by atoms with van der Waals surface area (Å²) >= 11 is 0. The summed E-state index contributed by atoms with van der Waals surface area (Å²) in [6, 6.07) is 5.08. The summed E-state index contributed by atoms with van der Waals surface area (Å²) < 4.78 is 56.4. The van der Waals surface area contributed by atoms with Gasteiger partial charge in [-0.25, -0.2) is 15.0 Å². The first-order valence-electron chi connectivity index (χ1n) is 11.0. The topological polar surface area (TPSA) is 125 Å². The van der Waals surface area contributed by atoms with Gasteiger partial charge in [0.2, 0.25) is 5.91 Å². The van der Waals surface area contributed by atoms with Crippen molar-refractivity contribution in [2.24, 2.45) is 0 Å². The molecule has 36 heavy (non-hydrogen) atoms. The van der Waals surface area contributed by atoms with Gasteiger partial charge in [0, 0.05) is 25.0 Å². The molecule has 4 rings (SSSR count). The van der Waals surface area contributed by atoms with Crippen LogP contribution in [0.4, 0.5) is 24.8 Å². The highest BCUT2D eigenvalue weighted by atomic mass is 19.4. The van der Waals surface area contributed by atoms with E-state index < -0.39 is 11.7 Å². The summed E-state index contributed by atoms with van der Waals surface area (Å²) in [6.45, 7) is 2.17. The van der Waals surface area contributed by atoms with E-state index in [9.17, 15) is 18.0 Å². The van der Waals surface area contributed by atoms with E-state index in [2.05, 4.69) is 20.3 Å². The fourth-order valence-electron chi connectivity index (χ4n) is 3.74. The van der Waals surface area contributed by atoms with Crippen molar-refractivity contribution in [2.45, 2.75) is 25.7 Å². The lowest BCUT2D eigenvalue weighted by molar-refractivity contribution is -0.148. The molecule has 1 amide bonds. The van der Waals surface area contributed by atoms with Crippen molar-refractivity contribution in [3.8, 4) is 11.5 Å². The number of benzene rings is 1. The van der Waals surface area contributed by atoms with Crippen LogP contribution in [0, 0.1) is 6.92 Å². The van der Waals surface area contributed by atoms with E-state index in [-0.39, 0.29) is 43.3 Å². The molecule has 1 aliphatic heterocycles. The largest absolute Gasteiger partial charge is 0.493 e. The molecule has 1 aromatic carbocycles. The number of likely N-dealkylation sites (N-methyl/N-ethyl adjacent to an activating group) is 1.